The number of β-amino-alcohol motifs (C(OH)–C–C–N with tert-alkyl or cyclic N) is 1. The molecule has 1 aliphatic rings. The van der Waals surface area contributed by atoms with Crippen LogP contribution in [0.25, 0.3) is 0 Å². The molecule has 2 aromatic rings. The van der Waals surface area contributed by atoms with Crippen molar-refractivity contribution in [3.05, 3.63) is 65.7 Å². The molecule has 1 atom stereocenters. The van der Waals surface area contributed by atoms with Crippen LogP contribution in [0.5, 0.6) is 5.75 Å². The zero-order valence-electron chi connectivity index (χ0n) is 13.5. The lowest BCUT2D eigenvalue weighted by molar-refractivity contribution is 0.103. The van der Waals surface area contributed by atoms with E-state index in [-0.39, 0.29) is 6.54 Å². The number of carbonyl (C=O) groups excluding carboxylic acids is 1. The molecule has 126 valence electrons. The molecule has 5 nitrogen and oxygen atoms in total. The van der Waals surface area contributed by atoms with Gasteiger partial charge in [-0.3, -0.25) is 4.90 Å². The Morgan fingerprint density at radius 3 is 2.62 bits per heavy atom. The van der Waals surface area contributed by atoms with Crippen molar-refractivity contribution in [3.8, 4) is 5.75 Å². The molecule has 0 aromatic heterocycles. The third kappa shape index (κ3) is 4.57. The van der Waals surface area contributed by atoms with E-state index in [1.165, 1.54) is 11.1 Å². The van der Waals surface area contributed by atoms with Crippen LogP contribution < -0.4 is 10.1 Å². The van der Waals surface area contributed by atoms with E-state index >= 15 is 0 Å². The van der Waals surface area contributed by atoms with E-state index in [0.717, 1.165) is 19.5 Å². The Balaban J connectivity index is 1.41. The molecule has 0 fully saturated rings. The van der Waals surface area contributed by atoms with Gasteiger partial charge in [0.05, 0.1) is 6.10 Å². The molecule has 2 aromatic carbocycles. The molecule has 0 saturated heterocycles. The topological polar surface area (TPSA) is 61.8 Å². The maximum Gasteiger partial charge on any atom is 0.412 e. The highest BCUT2D eigenvalue weighted by molar-refractivity contribution is 5.70. The predicted octanol–water partition coefficient (Wildman–Crippen LogP) is 2.19. The average Bonchev–Trinajstić information content (AvgIpc) is 2.61. The van der Waals surface area contributed by atoms with E-state index in [9.17, 15) is 9.90 Å². The summed E-state index contributed by atoms with van der Waals surface area (Å²) in [6, 6.07) is 17.3. The number of hydrogen-bond donors (Lipinski definition) is 2. The van der Waals surface area contributed by atoms with Crippen LogP contribution in [-0.4, -0.2) is 41.8 Å². The van der Waals surface area contributed by atoms with Gasteiger partial charge in [0.15, 0.2) is 0 Å². The van der Waals surface area contributed by atoms with Crippen molar-refractivity contribution in [2.45, 2.75) is 19.1 Å². The summed E-state index contributed by atoms with van der Waals surface area (Å²) in [5.41, 5.74) is 2.69. The summed E-state index contributed by atoms with van der Waals surface area (Å²) in [4.78, 5) is 13.9. The Labute approximate surface area is 141 Å². The van der Waals surface area contributed by atoms with Crippen molar-refractivity contribution in [1.29, 1.82) is 0 Å². The molecule has 1 aliphatic heterocycles. The number of amides is 1. The fourth-order valence-corrected chi connectivity index (χ4v) is 2.91. The van der Waals surface area contributed by atoms with Crippen LogP contribution in [-0.2, 0) is 13.0 Å². The monoisotopic (exact) mass is 326 g/mol. The fraction of sp³-hybridized carbons (Fsp3) is 0.316. The summed E-state index contributed by atoms with van der Waals surface area (Å²) >= 11 is 0. The zero-order valence-corrected chi connectivity index (χ0v) is 13.5. The molecule has 0 radical (unpaired) electrons. The Morgan fingerprint density at radius 2 is 1.83 bits per heavy atom. The number of nitrogens with zero attached hydrogens (tertiary/aromatic N) is 1. The maximum absolute atomic E-state index is 11.7. The van der Waals surface area contributed by atoms with Crippen LogP contribution in [0.15, 0.2) is 54.6 Å². The van der Waals surface area contributed by atoms with Crippen molar-refractivity contribution in [3.63, 3.8) is 0 Å². The first-order valence-electron chi connectivity index (χ1n) is 8.18. The lowest BCUT2D eigenvalue weighted by Gasteiger charge is -2.30. The number of para-hydroxylation sites is 1. The first-order chi connectivity index (χ1) is 11.7. The van der Waals surface area contributed by atoms with Gasteiger partial charge in [0.25, 0.3) is 0 Å². The SMILES string of the molecule is O=C(NC[C@H](O)CN1CCc2ccccc2C1)Oc1ccccc1. The molecule has 24 heavy (non-hydrogen) atoms. The van der Waals surface area contributed by atoms with Crippen LogP contribution in [0, 0.1) is 0 Å². The van der Waals surface area contributed by atoms with Gasteiger partial charge in [-0.15, -0.1) is 0 Å². The van der Waals surface area contributed by atoms with E-state index in [1.807, 2.05) is 12.1 Å². The third-order valence-electron chi connectivity index (χ3n) is 4.11. The van der Waals surface area contributed by atoms with Crippen molar-refractivity contribution >= 4 is 6.09 Å². The zero-order chi connectivity index (χ0) is 16.8. The van der Waals surface area contributed by atoms with Crippen LogP contribution in [0.3, 0.4) is 0 Å². The van der Waals surface area contributed by atoms with E-state index in [0.29, 0.717) is 12.3 Å². The summed E-state index contributed by atoms with van der Waals surface area (Å²) in [5.74, 6) is 0.483. The van der Waals surface area contributed by atoms with Gasteiger partial charge in [0.1, 0.15) is 5.75 Å². The van der Waals surface area contributed by atoms with E-state index in [2.05, 4.69) is 28.4 Å². The molecule has 0 spiro atoms. The number of nitrogens with one attached hydrogen (secondary N) is 1. The minimum absolute atomic E-state index is 0.170. The summed E-state index contributed by atoms with van der Waals surface area (Å²) < 4.78 is 5.13. The van der Waals surface area contributed by atoms with Crippen molar-refractivity contribution in [1.82, 2.24) is 10.2 Å². The van der Waals surface area contributed by atoms with Gasteiger partial charge in [0.2, 0.25) is 0 Å². The summed E-state index contributed by atoms with van der Waals surface area (Å²) in [6.07, 6.45) is -0.186. The molecular weight excluding hydrogens is 304 g/mol. The summed E-state index contributed by atoms with van der Waals surface area (Å²) in [7, 11) is 0. The molecule has 1 heterocycles. The number of aliphatic hydroxyl groups excluding tert-OH is 1. The second-order valence-corrected chi connectivity index (χ2v) is 5.99. The number of aliphatic hydroxyl groups is 1. The Bertz CT molecular complexity index is 675. The van der Waals surface area contributed by atoms with E-state index in [4.69, 9.17) is 4.74 Å². The smallest absolute Gasteiger partial charge is 0.410 e. The number of rotatable bonds is 5. The minimum Gasteiger partial charge on any atom is -0.410 e. The van der Waals surface area contributed by atoms with Crippen molar-refractivity contribution in [2.75, 3.05) is 19.6 Å². The van der Waals surface area contributed by atoms with Gasteiger partial charge in [-0.2, -0.15) is 0 Å². The van der Waals surface area contributed by atoms with Gasteiger partial charge < -0.3 is 15.2 Å². The number of carbonyl (C=O) groups is 1. The Hall–Kier alpha value is -2.37. The quantitative estimate of drug-likeness (QED) is 0.884. The van der Waals surface area contributed by atoms with E-state index < -0.39 is 12.2 Å². The minimum atomic E-state index is -0.626. The molecule has 0 bridgehead atoms. The average molecular weight is 326 g/mol. The first-order valence-corrected chi connectivity index (χ1v) is 8.18. The van der Waals surface area contributed by atoms with Gasteiger partial charge in [-0.05, 0) is 29.7 Å². The van der Waals surface area contributed by atoms with Crippen molar-refractivity contribution in [2.24, 2.45) is 0 Å². The van der Waals surface area contributed by atoms with Crippen LogP contribution in [0.2, 0.25) is 0 Å². The predicted molar refractivity (Wildman–Crippen MR) is 91.9 cm³/mol. The molecule has 0 saturated carbocycles. The molecule has 1 amide bonds. The highest BCUT2D eigenvalue weighted by atomic mass is 16.6. The lowest BCUT2D eigenvalue weighted by Crippen LogP contribution is -2.42. The van der Waals surface area contributed by atoms with Crippen LogP contribution in [0.4, 0.5) is 4.79 Å². The largest absolute Gasteiger partial charge is 0.412 e. The molecule has 0 aliphatic carbocycles. The highest BCUT2D eigenvalue weighted by Crippen LogP contribution is 2.18. The highest BCUT2D eigenvalue weighted by Gasteiger charge is 2.18. The van der Waals surface area contributed by atoms with Gasteiger partial charge in [0, 0.05) is 26.2 Å². The number of benzene rings is 2. The van der Waals surface area contributed by atoms with E-state index in [1.54, 1.807) is 24.3 Å². The third-order valence-corrected chi connectivity index (χ3v) is 4.11. The lowest BCUT2D eigenvalue weighted by atomic mass is 10.00. The molecule has 5 heteroatoms. The second-order valence-electron chi connectivity index (χ2n) is 5.99. The van der Waals surface area contributed by atoms with Crippen molar-refractivity contribution < 1.29 is 14.6 Å². The molecule has 3 rings (SSSR count). The fourth-order valence-electron chi connectivity index (χ4n) is 2.91. The molecule has 2 N–H and O–H groups in total. The Kier molecular flexibility index (Phi) is 5.46. The number of fused-ring (bicyclic) bond motifs is 1. The number of hydrogen-bond acceptors (Lipinski definition) is 4. The van der Waals surface area contributed by atoms with Gasteiger partial charge >= 0.3 is 6.09 Å². The summed E-state index contributed by atoms with van der Waals surface area (Å²) in [5, 5.41) is 12.8. The molecular formula is C19H22N2O3. The van der Waals surface area contributed by atoms with Crippen LogP contribution >= 0.6 is 0 Å². The number of ether oxygens (including phenoxy) is 1. The Morgan fingerprint density at radius 1 is 1.12 bits per heavy atom. The standard InChI is InChI=1S/C19H22N2O3/c22-17(12-20-19(23)24-18-8-2-1-3-9-18)14-21-11-10-15-6-4-5-7-16(15)13-21/h1-9,17,22H,10-14H2,(H,20,23)/t17-/m0/s1. The maximum atomic E-state index is 11.7. The summed E-state index contributed by atoms with van der Waals surface area (Å²) in [6.45, 7) is 2.45. The van der Waals surface area contributed by atoms with Gasteiger partial charge in [-0.25, -0.2) is 4.79 Å². The van der Waals surface area contributed by atoms with Crippen LogP contribution in [0.1, 0.15) is 11.1 Å². The van der Waals surface area contributed by atoms with Gasteiger partial charge in [-0.1, -0.05) is 42.5 Å². The second kappa shape index (κ2) is 7.95. The first kappa shape index (κ1) is 16.5. The normalized spacial score (nSPS) is 15.4. The molecule has 0 unspecified atom stereocenters.